The van der Waals surface area contributed by atoms with E-state index in [0.717, 1.165) is 24.3 Å². The second-order valence-corrected chi connectivity index (χ2v) is 17.0. The zero-order valence-electron chi connectivity index (χ0n) is 31.5. The van der Waals surface area contributed by atoms with E-state index in [0.29, 0.717) is 29.2 Å². The van der Waals surface area contributed by atoms with E-state index in [-0.39, 0.29) is 29.2 Å². The molecule has 0 radical (unpaired) electrons. The van der Waals surface area contributed by atoms with Crippen molar-refractivity contribution in [3.8, 4) is 0 Å². The molecule has 4 aromatic rings. The topological polar surface area (TPSA) is 379 Å². The van der Waals surface area contributed by atoms with Gasteiger partial charge in [0.25, 0.3) is 30.4 Å². The number of hydrogen-bond acceptors (Lipinski definition) is 18. The first-order valence-electron chi connectivity index (χ1n) is 17.3. The van der Waals surface area contributed by atoms with Gasteiger partial charge in [0.05, 0.1) is 38.9 Å². The predicted octanol–water partition coefficient (Wildman–Crippen LogP) is 4.17. The normalized spacial score (nSPS) is 15.9. The number of carbonyl (C=O) groups is 3. The lowest BCUT2D eigenvalue weighted by molar-refractivity contribution is -0.135. The van der Waals surface area contributed by atoms with Crippen LogP contribution >= 0.6 is 0 Å². The molecule has 0 spiro atoms. The lowest BCUT2D eigenvalue weighted by Crippen LogP contribution is -2.28. The van der Waals surface area contributed by atoms with Crippen molar-refractivity contribution in [3.63, 3.8) is 0 Å². The van der Waals surface area contributed by atoms with Gasteiger partial charge in [0.15, 0.2) is 5.71 Å². The van der Waals surface area contributed by atoms with E-state index in [9.17, 15) is 58.4 Å². The Hall–Kier alpha value is -7.75. The molecule has 0 unspecified atom stereocenters. The highest BCUT2D eigenvalue weighted by molar-refractivity contribution is 7.91. The average Bonchev–Trinajstić information content (AvgIpc) is 3.21. The van der Waals surface area contributed by atoms with Gasteiger partial charge in [-0.05, 0) is 103 Å². The van der Waals surface area contributed by atoms with Crippen LogP contribution in [0.5, 0.6) is 0 Å². The third-order valence-electron chi connectivity index (χ3n) is 8.50. The molecule has 0 saturated carbocycles. The summed E-state index contributed by atoms with van der Waals surface area (Å²) in [5.41, 5.74) is 9.26. The van der Waals surface area contributed by atoms with E-state index >= 15 is 0 Å². The number of ketones is 2. The van der Waals surface area contributed by atoms with Gasteiger partial charge < -0.3 is 21.3 Å². The van der Waals surface area contributed by atoms with Gasteiger partial charge in [0.2, 0.25) is 17.5 Å². The molecule has 26 heteroatoms. The number of aliphatic hydroxyl groups is 1. The molecule has 2 aliphatic rings. The maximum atomic E-state index is 13.7. The Morgan fingerprint density at radius 2 is 1.30 bits per heavy atom. The van der Waals surface area contributed by atoms with Crippen molar-refractivity contribution in [2.45, 2.75) is 9.79 Å². The fourth-order valence-corrected chi connectivity index (χ4v) is 7.33. The summed E-state index contributed by atoms with van der Waals surface area (Å²) < 4.78 is 102. The third kappa shape index (κ3) is 10.8. The van der Waals surface area contributed by atoms with Gasteiger partial charge >= 0.3 is 5.97 Å². The molecule has 0 saturated heterocycles. The Bertz CT molecular complexity index is 3140. The molecular formula is C37H29N9O14S3. The first kappa shape index (κ1) is 44.8. The molecule has 23 nitrogen and oxygen atoms in total. The number of azo groups is 1. The number of fused-ring (bicyclic) bond motifs is 1. The number of aliphatic hydroxyl groups excluding tert-OH is 1. The number of nitrogens with one attached hydrogen (secondary N) is 3. The molecule has 4 aromatic carbocycles. The van der Waals surface area contributed by atoms with E-state index in [4.69, 9.17) is 10.8 Å². The number of nitrogen functional groups attached to an aromatic ring is 1. The van der Waals surface area contributed by atoms with Gasteiger partial charge in [-0.3, -0.25) is 38.9 Å². The van der Waals surface area contributed by atoms with E-state index < -0.39 is 96.7 Å². The molecule has 0 aliphatic heterocycles. The first-order valence-corrected chi connectivity index (χ1v) is 21.6. The highest BCUT2D eigenvalue weighted by atomic mass is 32.2. The molecule has 0 fully saturated rings. The molecule has 0 atom stereocenters. The number of anilines is 3. The van der Waals surface area contributed by atoms with Crippen LogP contribution in [-0.2, 0) is 39.9 Å². The van der Waals surface area contributed by atoms with Crippen molar-refractivity contribution < 1.29 is 63.5 Å². The number of hydrazone groups is 2. The summed E-state index contributed by atoms with van der Waals surface area (Å²) in [5.74, 6) is -3.24. The zero-order chi connectivity index (χ0) is 45.9. The summed E-state index contributed by atoms with van der Waals surface area (Å²) in [5, 5.41) is 37.6. The third-order valence-corrected chi connectivity index (χ3v) is 11.1. The van der Waals surface area contributed by atoms with Crippen LogP contribution in [0.3, 0.4) is 0 Å². The molecule has 2 aliphatic carbocycles. The lowest BCUT2D eigenvalue weighted by Gasteiger charge is -2.20. The van der Waals surface area contributed by atoms with Crippen molar-refractivity contribution in [3.05, 3.63) is 124 Å². The summed E-state index contributed by atoms with van der Waals surface area (Å²) in [6.45, 7) is -0.364. The number of carboxylic acid groups (broad SMARTS) is 1. The van der Waals surface area contributed by atoms with Crippen LogP contribution in [-0.4, -0.2) is 90.5 Å². The number of benzene rings is 4. The Kier molecular flexibility index (Phi) is 12.6. The fourth-order valence-electron chi connectivity index (χ4n) is 5.52. The fraction of sp³-hybridized carbons (Fsp3) is 0.0270. The van der Waals surface area contributed by atoms with Gasteiger partial charge in [-0.25, -0.2) is 4.99 Å². The minimum Gasteiger partial charge on any atom is -0.493 e. The molecule has 0 aromatic heterocycles. The largest absolute Gasteiger partial charge is 0.493 e. The Morgan fingerprint density at radius 3 is 1.87 bits per heavy atom. The van der Waals surface area contributed by atoms with Gasteiger partial charge in [0.1, 0.15) is 27.7 Å². The number of nitrogens with two attached hydrogens (primary N) is 1. The number of hydrogen-bond donors (Lipinski definition) is 9. The molecule has 0 heterocycles. The standard InChI is InChI=1S/C37H29N9O14S3/c38-33-32-20(16-30(63(58,59)60)35(36(32)50)46-43-24-9-12-26(13-10-24)61(52,53)54)15-29(62(55,56)57)34(33)45-42-22-3-1-19(2-4-22)37(51)40-21-5-7-23(8-6-21)41-44-27-14-11-25(17-28(27)47)39-18-31(48)49/h1-17,39,41,43H,18,38H2,(H,40,51)(H,48,49)(H,52,53,54)(H,55,56,57)(H,58,59,60)/b44-27-,45-42?,46-35-. The van der Waals surface area contributed by atoms with Crippen LogP contribution in [0.2, 0.25) is 0 Å². The van der Waals surface area contributed by atoms with Crippen molar-refractivity contribution in [2.75, 3.05) is 23.1 Å². The summed E-state index contributed by atoms with van der Waals surface area (Å²) in [4.78, 5) is 38.3. The highest BCUT2D eigenvalue weighted by Gasteiger charge is 2.37. The molecular weight excluding hydrogens is 891 g/mol. The minimum absolute atomic E-state index is 0.00896. The summed E-state index contributed by atoms with van der Waals surface area (Å²) in [6.07, 6.45) is 4.78. The SMILES string of the molecule is Nc1c(N=Nc2ccc(C(O)=Nc3ccc(N/N=C4/C=CC(NCC(=O)O)=CC4=O)cc3)cc2)c(S(=O)(=O)O)cc2c1C(=O)/C(=N\Nc1ccc(S(=O)(=O)O)cc1)C(S(=O)(=O)O)=C2. The first-order chi connectivity index (χ1) is 29.6. The number of carbonyl (C=O) groups excluding carboxylic acids is 2. The summed E-state index contributed by atoms with van der Waals surface area (Å²) in [6, 6.07) is 16.5. The second kappa shape index (κ2) is 17.7. The minimum atomic E-state index is -5.24. The maximum Gasteiger partial charge on any atom is 0.322 e. The molecule has 10 N–H and O–H groups in total. The van der Waals surface area contributed by atoms with Crippen LogP contribution in [0.25, 0.3) is 6.08 Å². The molecule has 0 amide bonds. The van der Waals surface area contributed by atoms with Gasteiger partial charge in [-0.2, -0.15) is 40.6 Å². The molecule has 0 bridgehead atoms. The second-order valence-electron chi connectivity index (χ2n) is 12.8. The Balaban J connectivity index is 1.21. The van der Waals surface area contributed by atoms with Crippen LogP contribution in [0.15, 0.2) is 143 Å². The van der Waals surface area contributed by atoms with Gasteiger partial charge in [-0.15, -0.1) is 5.11 Å². The van der Waals surface area contributed by atoms with E-state index in [1.807, 2.05) is 0 Å². The van der Waals surface area contributed by atoms with Crippen LogP contribution in [0, 0.1) is 0 Å². The number of aliphatic carboxylic acids is 1. The van der Waals surface area contributed by atoms with Crippen molar-refractivity contribution in [1.29, 1.82) is 0 Å². The van der Waals surface area contributed by atoms with Crippen LogP contribution in [0.4, 0.5) is 34.1 Å². The van der Waals surface area contributed by atoms with Gasteiger partial charge in [-0.1, -0.05) is 0 Å². The monoisotopic (exact) mass is 919 g/mol. The number of rotatable bonds is 14. The van der Waals surface area contributed by atoms with E-state index in [1.54, 1.807) is 12.1 Å². The zero-order valence-corrected chi connectivity index (χ0v) is 33.9. The van der Waals surface area contributed by atoms with Crippen molar-refractivity contribution in [1.82, 2.24) is 5.32 Å². The van der Waals surface area contributed by atoms with Crippen LogP contribution < -0.4 is 21.9 Å². The maximum absolute atomic E-state index is 13.7. The lowest BCUT2D eigenvalue weighted by atomic mass is 9.92. The number of aliphatic imine (C=N–C) groups is 1. The number of nitrogens with zero attached hydrogens (tertiary/aromatic N) is 5. The smallest absolute Gasteiger partial charge is 0.322 e. The number of carboxylic acids is 1. The summed E-state index contributed by atoms with van der Waals surface area (Å²) in [7, 11) is -15.0. The number of allylic oxidation sites excluding steroid dienone is 4. The van der Waals surface area contributed by atoms with Crippen molar-refractivity contribution >= 4 is 105 Å². The van der Waals surface area contributed by atoms with Crippen LogP contribution in [0.1, 0.15) is 21.5 Å². The quantitative estimate of drug-likeness (QED) is 0.0163. The average molecular weight is 920 g/mol. The Morgan fingerprint density at radius 1 is 0.698 bits per heavy atom. The van der Waals surface area contributed by atoms with E-state index in [2.05, 4.69) is 41.6 Å². The highest BCUT2D eigenvalue weighted by Crippen LogP contribution is 2.41. The number of Topliss-reactive ketones (excluding diaryl/α,β-unsaturated/α-hetero) is 1. The Labute approximate surface area is 355 Å². The van der Waals surface area contributed by atoms with E-state index in [1.165, 1.54) is 54.6 Å². The molecule has 6 rings (SSSR count). The summed E-state index contributed by atoms with van der Waals surface area (Å²) >= 11 is 0. The molecule has 63 heavy (non-hydrogen) atoms. The molecule has 324 valence electrons. The van der Waals surface area contributed by atoms with Gasteiger partial charge in [0, 0.05) is 17.3 Å². The van der Waals surface area contributed by atoms with Crippen molar-refractivity contribution in [2.24, 2.45) is 25.4 Å². The predicted molar refractivity (Wildman–Crippen MR) is 227 cm³/mol.